The van der Waals surface area contributed by atoms with Crippen LogP contribution in [0.3, 0.4) is 0 Å². The molecule has 0 bridgehead atoms. The molecule has 7 rings (SSSR count). The SMILES string of the molecule is CC1CC(C)CN(c2oc(C(C3CCC(C(c4cccs4)N(C)C)CC3)N3CCN(Cc4ccccc4)CC3)nc2Cc2ccccc2)C1. The van der Waals surface area contributed by atoms with Crippen LogP contribution in [0.25, 0.3) is 0 Å². The molecule has 2 aliphatic heterocycles. The van der Waals surface area contributed by atoms with Crippen LogP contribution in [0.2, 0.25) is 0 Å². The molecule has 6 nitrogen and oxygen atoms in total. The number of benzene rings is 2. The van der Waals surface area contributed by atoms with Crippen molar-refractivity contribution in [2.24, 2.45) is 23.7 Å². The normalized spacial score (nSPS) is 25.4. The lowest BCUT2D eigenvalue weighted by Gasteiger charge is -2.44. The maximum atomic E-state index is 7.14. The van der Waals surface area contributed by atoms with Gasteiger partial charge in [0.1, 0.15) is 5.69 Å². The van der Waals surface area contributed by atoms with E-state index in [0.29, 0.717) is 29.7 Å². The van der Waals surface area contributed by atoms with E-state index >= 15 is 0 Å². The van der Waals surface area contributed by atoms with Crippen molar-refractivity contribution in [1.29, 1.82) is 0 Å². The first kappa shape index (κ1) is 34.5. The van der Waals surface area contributed by atoms with Crippen LogP contribution in [0, 0.1) is 23.7 Å². The number of rotatable bonds is 11. The predicted molar refractivity (Wildman–Crippen MR) is 203 cm³/mol. The summed E-state index contributed by atoms with van der Waals surface area (Å²) in [6, 6.07) is 27.1. The fourth-order valence-electron chi connectivity index (χ4n) is 9.31. The molecule has 0 amide bonds. The van der Waals surface area contributed by atoms with Gasteiger partial charge in [0, 0.05) is 63.2 Å². The second-order valence-corrected chi connectivity index (χ2v) is 16.6. The van der Waals surface area contributed by atoms with Gasteiger partial charge in [0.2, 0.25) is 11.8 Å². The number of piperazine rings is 1. The smallest absolute Gasteiger partial charge is 0.220 e. The highest BCUT2D eigenvalue weighted by molar-refractivity contribution is 7.10. The standard InChI is InChI=1S/C42H57N5OS/c1-31-26-32(2)29-47(28-31)42-37(27-33-12-7-5-8-13-33)43-41(48-42)40(46-23-21-45(22-24-46)30-34-14-9-6-10-15-34)36-19-17-35(18-20-36)39(44(3)4)38-16-11-25-49-38/h5-16,25,31-32,35-36,39-40H,17-24,26-30H2,1-4H3. The number of aromatic nitrogens is 1. The lowest BCUT2D eigenvalue weighted by molar-refractivity contribution is 0.0304. The molecular weight excluding hydrogens is 623 g/mol. The minimum atomic E-state index is 0.210. The first-order chi connectivity index (χ1) is 23.9. The second-order valence-electron chi connectivity index (χ2n) is 15.7. The molecule has 0 radical (unpaired) electrons. The van der Waals surface area contributed by atoms with E-state index in [2.05, 4.69) is 126 Å². The van der Waals surface area contributed by atoms with Crippen LogP contribution in [0.15, 0.2) is 82.6 Å². The minimum Gasteiger partial charge on any atom is -0.423 e. The van der Waals surface area contributed by atoms with Crippen molar-refractivity contribution in [3.8, 4) is 0 Å². The molecule has 0 N–H and O–H groups in total. The molecular formula is C42H57N5OS. The molecule has 4 heterocycles. The number of piperidine rings is 1. The van der Waals surface area contributed by atoms with Gasteiger partial charge in [-0.3, -0.25) is 9.80 Å². The van der Waals surface area contributed by atoms with Gasteiger partial charge in [-0.05, 0) is 92.4 Å². The van der Waals surface area contributed by atoms with Gasteiger partial charge < -0.3 is 14.2 Å². The quantitative estimate of drug-likeness (QED) is 0.158. The van der Waals surface area contributed by atoms with Gasteiger partial charge in [0.05, 0.1) is 6.04 Å². The van der Waals surface area contributed by atoms with E-state index in [1.54, 1.807) is 0 Å². The summed E-state index contributed by atoms with van der Waals surface area (Å²) in [4.78, 5) is 17.4. The Morgan fingerprint density at radius 2 is 1.43 bits per heavy atom. The van der Waals surface area contributed by atoms with E-state index in [9.17, 15) is 0 Å². The van der Waals surface area contributed by atoms with Gasteiger partial charge in [-0.2, -0.15) is 0 Å². The summed E-state index contributed by atoms with van der Waals surface area (Å²) in [6.45, 7) is 12.2. The zero-order valence-corrected chi connectivity index (χ0v) is 31.0. The van der Waals surface area contributed by atoms with Crippen LogP contribution in [-0.2, 0) is 13.0 Å². The van der Waals surface area contributed by atoms with Crippen LogP contribution in [-0.4, -0.2) is 73.0 Å². The molecule has 2 aromatic carbocycles. The second kappa shape index (κ2) is 15.9. The average molecular weight is 680 g/mol. The van der Waals surface area contributed by atoms with Crippen molar-refractivity contribution in [3.63, 3.8) is 0 Å². The average Bonchev–Trinajstić information content (AvgIpc) is 3.78. The summed E-state index contributed by atoms with van der Waals surface area (Å²) in [5, 5.41) is 2.24. The summed E-state index contributed by atoms with van der Waals surface area (Å²) in [6.07, 6.45) is 7.04. The Morgan fingerprint density at radius 1 is 0.796 bits per heavy atom. The summed E-state index contributed by atoms with van der Waals surface area (Å²) in [5.74, 6) is 4.52. The summed E-state index contributed by atoms with van der Waals surface area (Å²) >= 11 is 1.91. The largest absolute Gasteiger partial charge is 0.423 e. The van der Waals surface area contributed by atoms with Gasteiger partial charge in [0.15, 0.2) is 0 Å². The third kappa shape index (κ3) is 8.33. The molecule has 4 atom stereocenters. The number of nitrogens with zero attached hydrogens (tertiary/aromatic N) is 5. The Kier molecular flexibility index (Phi) is 11.2. The third-order valence-corrected chi connectivity index (χ3v) is 12.4. The van der Waals surface area contributed by atoms with E-state index < -0.39 is 0 Å². The molecule has 262 valence electrons. The van der Waals surface area contributed by atoms with Crippen molar-refractivity contribution >= 4 is 17.2 Å². The summed E-state index contributed by atoms with van der Waals surface area (Å²) < 4.78 is 7.14. The van der Waals surface area contributed by atoms with Crippen molar-refractivity contribution in [2.75, 3.05) is 58.3 Å². The van der Waals surface area contributed by atoms with E-state index in [1.165, 1.54) is 48.1 Å². The van der Waals surface area contributed by atoms with Crippen molar-refractivity contribution in [2.45, 2.75) is 71.0 Å². The van der Waals surface area contributed by atoms with E-state index in [0.717, 1.165) is 69.7 Å². The maximum Gasteiger partial charge on any atom is 0.220 e. The highest BCUT2D eigenvalue weighted by atomic mass is 32.1. The predicted octanol–water partition coefficient (Wildman–Crippen LogP) is 8.78. The lowest BCUT2D eigenvalue weighted by Crippen LogP contribution is -2.49. The number of oxazole rings is 1. The van der Waals surface area contributed by atoms with E-state index in [-0.39, 0.29) is 6.04 Å². The highest BCUT2D eigenvalue weighted by Gasteiger charge is 2.40. The Labute approximate surface area is 299 Å². The number of hydrogen-bond donors (Lipinski definition) is 0. The van der Waals surface area contributed by atoms with Crippen molar-refractivity contribution in [1.82, 2.24) is 19.7 Å². The Morgan fingerprint density at radius 3 is 2.04 bits per heavy atom. The zero-order chi connectivity index (χ0) is 33.7. The third-order valence-electron chi connectivity index (χ3n) is 11.5. The van der Waals surface area contributed by atoms with Gasteiger partial charge >= 0.3 is 0 Å². The molecule has 2 aromatic heterocycles. The maximum absolute atomic E-state index is 7.14. The minimum absolute atomic E-state index is 0.210. The van der Waals surface area contributed by atoms with Crippen molar-refractivity contribution < 1.29 is 4.42 Å². The van der Waals surface area contributed by atoms with E-state index in [4.69, 9.17) is 9.40 Å². The Balaban J connectivity index is 1.17. The highest BCUT2D eigenvalue weighted by Crippen LogP contribution is 2.46. The molecule has 2 saturated heterocycles. The number of anilines is 1. The molecule has 0 spiro atoms. The van der Waals surface area contributed by atoms with Crippen molar-refractivity contribution in [3.05, 3.63) is 106 Å². The van der Waals surface area contributed by atoms with Gasteiger partial charge in [0.25, 0.3) is 0 Å². The molecule has 3 aliphatic rings. The molecule has 3 fully saturated rings. The summed E-state index contributed by atoms with van der Waals surface area (Å²) in [5.41, 5.74) is 3.82. The van der Waals surface area contributed by atoms with Gasteiger partial charge in [-0.15, -0.1) is 11.3 Å². The monoisotopic (exact) mass is 679 g/mol. The Bertz CT molecular complexity index is 1550. The molecule has 4 aromatic rings. The zero-order valence-electron chi connectivity index (χ0n) is 30.2. The van der Waals surface area contributed by atoms with Gasteiger partial charge in [-0.25, -0.2) is 4.98 Å². The van der Waals surface area contributed by atoms with Crippen LogP contribution >= 0.6 is 11.3 Å². The first-order valence-corrected chi connectivity index (χ1v) is 19.8. The van der Waals surface area contributed by atoms with Crippen LogP contribution < -0.4 is 4.90 Å². The fraction of sp³-hybridized carbons (Fsp3) is 0.548. The van der Waals surface area contributed by atoms with Crippen LogP contribution in [0.5, 0.6) is 0 Å². The number of hydrogen-bond acceptors (Lipinski definition) is 7. The fourth-order valence-corrected chi connectivity index (χ4v) is 10.3. The lowest BCUT2D eigenvalue weighted by atomic mass is 9.74. The Hall–Kier alpha value is -2.97. The molecule has 1 aliphatic carbocycles. The van der Waals surface area contributed by atoms with Gasteiger partial charge in [-0.1, -0.05) is 80.6 Å². The molecule has 1 saturated carbocycles. The van der Waals surface area contributed by atoms with Crippen LogP contribution in [0.4, 0.5) is 5.88 Å². The first-order valence-electron chi connectivity index (χ1n) is 18.9. The summed E-state index contributed by atoms with van der Waals surface area (Å²) in [7, 11) is 4.53. The van der Waals surface area contributed by atoms with Crippen LogP contribution in [0.1, 0.15) is 85.6 Å². The van der Waals surface area contributed by atoms with E-state index in [1.807, 2.05) is 11.3 Å². The topological polar surface area (TPSA) is 39.0 Å². The molecule has 4 unspecified atom stereocenters. The number of thiophene rings is 1. The molecule has 7 heteroatoms. The molecule has 49 heavy (non-hydrogen) atoms.